The highest BCUT2D eigenvalue weighted by Gasteiger charge is 2.42. The van der Waals surface area contributed by atoms with Crippen molar-refractivity contribution in [1.29, 1.82) is 0 Å². The summed E-state index contributed by atoms with van der Waals surface area (Å²) >= 11 is 0. The Kier molecular flexibility index (Phi) is 6.18. The predicted molar refractivity (Wildman–Crippen MR) is 147 cm³/mol. The summed E-state index contributed by atoms with van der Waals surface area (Å²) in [5, 5.41) is 0.525. The topological polar surface area (TPSA) is 59.8 Å². The van der Waals surface area contributed by atoms with Crippen LogP contribution in [0.1, 0.15) is 70.7 Å². The monoisotopic (exact) mass is 495 g/mol. The smallest absolute Gasteiger partial charge is 0.290 e. The summed E-state index contributed by atoms with van der Waals surface area (Å²) in [6.07, 6.45) is 0.645. The molecule has 1 atom stereocenters. The number of carbonyl (C=O) groups excluding carboxylic acids is 1. The zero-order chi connectivity index (χ0) is 26.5. The molecule has 0 saturated carbocycles. The molecule has 5 rings (SSSR count). The van der Waals surface area contributed by atoms with Crippen LogP contribution in [0.25, 0.3) is 11.0 Å². The van der Waals surface area contributed by atoms with E-state index in [1.165, 1.54) is 5.56 Å². The zero-order valence-corrected chi connectivity index (χ0v) is 22.3. The van der Waals surface area contributed by atoms with Gasteiger partial charge in [-0.3, -0.25) is 9.59 Å². The zero-order valence-electron chi connectivity index (χ0n) is 22.3. The molecule has 0 radical (unpaired) electrons. The number of rotatable bonds is 5. The number of fused-ring (bicyclic) bond motifs is 2. The van der Waals surface area contributed by atoms with Crippen LogP contribution < -0.4 is 10.2 Å². The minimum absolute atomic E-state index is 0.000267. The predicted octanol–water partition coefficient (Wildman–Crippen LogP) is 6.50. The summed E-state index contributed by atoms with van der Waals surface area (Å²) in [5.74, 6) is 0.703. The molecule has 0 fully saturated rings. The Bertz CT molecular complexity index is 1540. The van der Waals surface area contributed by atoms with E-state index in [-0.39, 0.29) is 22.5 Å². The number of aryl methyl sites for hydroxylation is 2. The van der Waals surface area contributed by atoms with E-state index in [1.807, 2.05) is 62.4 Å². The number of amides is 1. The first-order valence-electron chi connectivity index (χ1n) is 12.7. The average Bonchev–Trinajstić information content (AvgIpc) is 3.15. The second kappa shape index (κ2) is 9.22. The molecule has 0 spiro atoms. The third kappa shape index (κ3) is 4.43. The van der Waals surface area contributed by atoms with E-state index >= 15 is 0 Å². The van der Waals surface area contributed by atoms with E-state index in [0.717, 1.165) is 28.0 Å². The highest BCUT2D eigenvalue weighted by atomic mass is 16.5. The van der Waals surface area contributed by atoms with E-state index in [0.29, 0.717) is 29.5 Å². The van der Waals surface area contributed by atoms with Gasteiger partial charge < -0.3 is 14.1 Å². The second-order valence-electron chi connectivity index (χ2n) is 11.0. The Labute approximate surface area is 217 Å². The fourth-order valence-electron chi connectivity index (χ4n) is 5.26. The molecule has 0 saturated heterocycles. The lowest BCUT2D eigenvalue weighted by Gasteiger charge is -2.26. The minimum Gasteiger partial charge on any atom is -0.497 e. The molecule has 0 N–H and O–H groups in total. The quantitative estimate of drug-likeness (QED) is 0.317. The van der Waals surface area contributed by atoms with Gasteiger partial charge in [-0.15, -0.1) is 0 Å². The van der Waals surface area contributed by atoms with Crippen LogP contribution in [0.3, 0.4) is 0 Å². The maximum Gasteiger partial charge on any atom is 0.290 e. The molecule has 0 aliphatic carbocycles. The fraction of sp³-hybridized carbons (Fsp3) is 0.312. The molecule has 1 aromatic heterocycles. The molecule has 2 heterocycles. The number of methoxy groups -OCH3 is 1. The lowest BCUT2D eigenvalue weighted by Crippen LogP contribution is -2.31. The van der Waals surface area contributed by atoms with Gasteiger partial charge in [-0.25, -0.2) is 0 Å². The van der Waals surface area contributed by atoms with Gasteiger partial charge in [-0.1, -0.05) is 63.2 Å². The van der Waals surface area contributed by atoms with Crippen molar-refractivity contribution in [2.24, 2.45) is 0 Å². The lowest BCUT2D eigenvalue weighted by atomic mass is 9.86. The number of hydrogen-bond donors (Lipinski definition) is 0. The number of hydrogen-bond acceptors (Lipinski definition) is 4. The van der Waals surface area contributed by atoms with Gasteiger partial charge in [-0.05, 0) is 71.7 Å². The number of benzene rings is 3. The molecule has 5 nitrogen and oxygen atoms in total. The molecular weight excluding hydrogens is 462 g/mol. The van der Waals surface area contributed by atoms with Gasteiger partial charge >= 0.3 is 0 Å². The summed E-state index contributed by atoms with van der Waals surface area (Å²) in [6.45, 7) is 10.8. The van der Waals surface area contributed by atoms with Gasteiger partial charge in [0.1, 0.15) is 11.3 Å². The van der Waals surface area contributed by atoms with Crippen molar-refractivity contribution in [2.45, 2.75) is 52.5 Å². The van der Waals surface area contributed by atoms with Crippen LogP contribution in [0.5, 0.6) is 5.75 Å². The molecule has 1 aliphatic heterocycles. The first kappa shape index (κ1) is 24.8. The summed E-state index contributed by atoms with van der Waals surface area (Å²) in [7, 11) is 1.64. The summed E-state index contributed by atoms with van der Waals surface area (Å²) < 4.78 is 11.5. The van der Waals surface area contributed by atoms with Gasteiger partial charge in [0.25, 0.3) is 5.91 Å². The van der Waals surface area contributed by atoms with Crippen LogP contribution in [0.15, 0.2) is 69.9 Å². The van der Waals surface area contributed by atoms with E-state index < -0.39 is 6.04 Å². The van der Waals surface area contributed by atoms with E-state index in [2.05, 4.69) is 32.9 Å². The average molecular weight is 496 g/mol. The molecule has 37 heavy (non-hydrogen) atoms. The second-order valence-corrected chi connectivity index (χ2v) is 11.0. The Hall–Kier alpha value is -3.86. The van der Waals surface area contributed by atoms with Crippen LogP contribution in [0, 0.1) is 13.8 Å². The van der Waals surface area contributed by atoms with E-state index in [4.69, 9.17) is 9.15 Å². The van der Waals surface area contributed by atoms with Crippen molar-refractivity contribution < 1.29 is 13.9 Å². The van der Waals surface area contributed by atoms with Crippen LogP contribution in [0.2, 0.25) is 0 Å². The lowest BCUT2D eigenvalue weighted by molar-refractivity contribution is 0.0730. The van der Waals surface area contributed by atoms with Gasteiger partial charge in [0.2, 0.25) is 5.76 Å². The Morgan fingerprint density at radius 2 is 1.62 bits per heavy atom. The third-order valence-electron chi connectivity index (χ3n) is 7.29. The molecule has 3 aromatic carbocycles. The summed E-state index contributed by atoms with van der Waals surface area (Å²) in [4.78, 5) is 29.5. The number of carbonyl (C=O) groups is 1. The normalized spacial score (nSPS) is 15.4. The summed E-state index contributed by atoms with van der Waals surface area (Å²) in [6, 6.07) is 19.4. The highest BCUT2D eigenvalue weighted by molar-refractivity contribution is 5.99. The molecule has 1 aliphatic rings. The Morgan fingerprint density at radius 3 is 2.24 bits per heavy atom. The molecular formula is C32H33NO4. The first-order chi connectivity index (χ1) is 17.6. The fourth-order valence-corrected chi connectivity index (χ4v) is 5.26. The number of ether oxygens (including phenoxy) is 1. The van der Waals surface area contributed by atoms with Gasteiger partial charge in [0.05, 0.1) is 24.1 Å². The number of nitrogens with zero attached hydrogens (tertiary/aromatic N) is 1. The summed E-state index contributed by atoms with van der Waals surface area (Å²) in [5.41, 5.74) is 5.82. The third-order valence-corrected chi connectivity index (χ3v) is 7.29. The molecule has 5 heteroatoms. The van der Waals surface area contributed by atoms with Gasteiger partial charge in [0, 0.05) is 6.54 Å². The molecule has 190 valence electrons. The van der Waals surface area contributed by atoms with Crippen LogP contribution >= 0.6 is 0 Å². The largest absolute Gasteiger partial charge is 0.497 e. The van der Waals surface area contributed by atoms with Gasteiger partial charge in [-0.2, -0.15) is 0 Å². The van der Waals surface area contributed by atoms with Crippen molar-refractivity contribution in [3.05, 3.63) is 110 Å². The standard InChI is InChI=1S/C32H33NO4/c1-19-17-20(2)29-25(18-19)28(34)26-27(22-9-11-23(12-10-22)32(3,4)5)33(31(35)30(26)37-29)16-15-21-7-13-24(36-6)14-8-21/h7-14,17-18,27H,15-16H2,1-6H3/t27-/m0/s1. The van der Waals surface area contributed by atoms with E-state index in [9.17, 15) is 9.59 Å². The molecule has 1 amide bonds. The molecule has 0 bridgehead atoms. The Balaban J connectivity index is 1.62. The van der Waals surface area contributed by atoms with E-state index in [1.54, 1.807) is 12.0 Å². The van der Waals surface area contributed by atoms with Gasteiger partial charge in [0.15, 0.2) is 5.43 Å². The van der Waals surface area contributed by atoms with Crippen molar-refractivity contribution >= 4 is 16.9 Å². The molecule has 4 aromatic rings. The van der Waals surface area contributed by atoms with Crippen molar-refractivity contribution in [3.63, 3.8) is 0 Å². The highest BCUT2D eigenvalue weighted by Crippen LogP contribution is 2.39. The maximum absolute atomic E-state index is 13.9. The van der Waals surface area contributed by atoms with Crippen molar-refractivity contribution in [2.75, 3.05) is 13.7 Å². The van der Waals surface area contributed by atoms with Crippen molar-refractivity contribution in [1.82, 2.24) is 4.90 Å². The maximum atomic E-state index is 13.9. The molecule has 0 unspecified atom stereocenters. The van der Waals surface area contributed by atoms with Crippen LogP contribution in [-0.2, 0) is 11.8 Å². The first-order valence-corrected chi connectivity index (χ1v) is 12.7. The van der Waals surface area contributed by atoms with Crippen LogP contribution in [-0.4, -0.2) is 24.5 Å². The SMILES string of the molecule is COc1ccc(CCN2C(=O)c3oc4c(C)cc(C)cc4c(=O)c3[C@@H]2c2ccc(C(C)(C)C)cc2)cc1. The van der Waals surface area contributed by atoms with Crippen LogP contribution in [0.4, 0.5) is 0 Å². The van der Waals surface area contributed by atoms with Crippen molar-refractivity contribution in [3.8, 4) is 5.75 Å². The Morgan fingerprint density at radius 1 is 0.946 bits per heavy atom. The minimum atomic E-state index is -0.503.